The third-order valence-electron chi connectivity index (χ3n) is 5.28. The van der Waals surface area contributed by atoms with E-state index in [0.717, 1.165) is 41.2 Å². The van der Waals surface area contributed by atoms with Gasteiger partial charge in [-0.25, -0.2) is 0 Å². The van der Waals surface area contributed by atoms with E-state index in [9.17, 15) is 9.90 Å². The molecule has 2 N–H and O–H groups in total. The molecule has 0 saturated heterocycles. The number of carbonyl (C=O) groups is 1. The molecular weight excluding hydrogens is 286 g/mol. The Morgan fingerprint density at radius 1 is 1.09 bits per heavy atom. The van der Waals surface area contributed by atoms with Crippen LogP contribution < -0.4 is 0 Å². The van der Waals surface area contributed by atoms with Gasteiger partial charge in [0.25, 0.3) is 0 Å². The van der Waals surface area contributed by atoms with Crippen LogP contribution in [0.25, 0.3) is 22.0 Å². The predicted molar refractivity (Wildman–Crippen MR) is 91.7 cm³/mol. The highest BCUT2D eigenvalue weighted by Crippen LogP contribution is 2.43. The first-order valence-electron chi connectivity index (χ1n) is 8.04. The van der Waals surface area contributed by atoms with Crippen molar-refractivity contribution in [2.45, 2.75) is 24.7 Å². The van der Waals surface area contributed by atoms with Gasteiger partial charge < -0.3 is 10.1 Å². The molecular formula is C20H19NO2. The Hall–Kier alpha value is -2.39. The van der Waals surface area contributed by atoms with E-state index >= 15 is 0 Å². The van der Waals surface area contributed by atoms with Crippen molar-refractivity contribution in [2.24, 2.45) is 0 Å². The smallest absolute Gasteiger partial charge is 0.152 e. The monoisotopic (exact) mass is 305 g/mol. The minimum absolute atomic E-state index is 0.0200. The summed E-state index contributed by atoms with van der Waals surface area (Å²) in [5, 5.41) is 10.6. The molecule has 0 spiro atoms. The van der Waals surface area contributed by atoms with E-state index in [-0.39, 0.29) is 12.0 Å². The summed E-state index contributed by atoms with van der Waals surface area (Å²) in [6.07, 6.45) is 5.96. The van der Waals surface area contributed by atoms with Crippen molar-refractivity contribution in [3.63, 3.8) is 0 Å². The van der Waals surface area contributed by atoms with Gasteiger partial charge in [0.1, 0.15) is 0 Å². The standard InChI is InChI=1S/C20H19NO2/c22-12-16-11-21-19-7-4-15(10-18(16)19)14-2-5-17(6-3-14)20(13-23)8-1-9-20/h2-7,10-12,21,23H,1,8-9,13H2. The molecule has 4 rings (SSSR count). The highest BCUT2D eigenvalue weighted by Gasteiger charge is 2.37. The Balaban J connectivity index is 1.71. The predicted octanol–water partition coefficient (Wildman–Crippen LogP) is 4.06. The number of fused-ring (bicyclic) bond motifs is 1. The van der Waals surface area contributed by atoms with E-state index in [1.165, 1.54) is 12.0 Å². The van der Waals surface area contributed by atoms with Gasteiger partial charge in [-0.2, -0.15) is 0 Å². The van der Waals surface area contributed by atoms with Crippen LogP contribution in [0.5, 0.6) is 0 Å². The summed E-state index contributed by atoms with van der Waals surface area (Å²) in [5.74, 6) is 0. The molecule has 0 aliphatic heterocycles. The lowest BCUT2D eigenvalue weighted by Crippen LogP contribution is -2.37. The van der Waals surface area contributed by atoms with Gasteiger partial charge in [-0.3, -0.25) is 4.79 Å². The molecule has 1 heterocycles. The van der Waals surface area contributed by atoms with Crippen LogP contribution in [0.4, 0.5) is 0 Å². The number of rotatable bonds is 4. The summed E-state index contributed by atoms with van der Waals surface area (Å²) in [4.78, 5) is 14.2. The molecule has 3 aromatic rings. The van der Waals surface area contributed by atoms with Crippen LogP contribution >= 0.6 is 0 Å². The highest BCUT2D eigenvalue weighted by molar-refractivity contribution is 5.99. The summed E-state index contributed by atoms with van der Waals surface area (Å²) in [7, 11) is 0. The Kier molecular flexibility index (Phi) is 3.31. The fourth-order valence-electron chi connectivity index (χ4n) is 3.58. The van der Waals surface area contributed by atoms with Crippen molar-refractivity contribution >= 4 is 17.2 Å². The molecule has 0 atom stereocenters. The zero-order chi connectivity index (χ0) is 15.9. The molecule has 1 aromatic heterocycles. The zero-order valence-corrected chi connectivity index (χ0v) is 12.9. The average molecular weight is 305 g/mol. The van der Waals surface area contributed by atoms with Crippen LogP contribution in [0.15, 0.2) is 48.7 Å². The van der Waals surface area contributed by atoms with E-state index in [4.69, 9.17) is 0 Å². The fraction of sp³-hybridized carbons (Fsp3) is 0.250. The van der Waals surface area contributed by atoms with Crippen molar-refractivity contribution in [2.75, 3.05) is 6.61 Å². The Labute approximate surface area is 135 Å². The van der Waals surface area contributed by atoms with Gasteiger partial charge in [0.15, 0.2) is 6.29 Å². The molecule has 1 aliphatic carbocycles. The SMILES string of the molecule is O=Cc1c[nH]c2ccc(-c3ccc(C4(CO)CCC4)cc3)cc12. The first kappa shape index (κ1) is 14.2. The van der Waals surface area contributed by atoms with E-state index in [1.807, 2.05) is 6.07 Å². The first-order chi connectivity index (χ1) is 11.3. The summed E-state index contributed by atoms with van der Waals surface area (Å²) in [5.41, 5.74) is 5.09. The molecule has 2 aromatic carbocycles. The third-order valence-corrected chi connectivity index (χ3v) is 5.28. The number of hydrogen-bond donors (Lipinski definition) is 2. The molecule has 0 radical (unpaired) electrons. The van der Waals surface area contributed by atoms with Crippen molar-refractivity contribution in [3.8, 4) is 11.1 Å². The number of aldehydes is 1. The number of aromatic amines is 1. The van der Waals surface area contributed by atoms with Crippen LogP contribution in [-0.4, -0.2) is 23.0 Å². The number of aliphatic hydroxyl groups excluding tert-OH is 1. The number of carbonyl (C=O) groups excluding carboxylic acids is 1. The van der Waals surface area contributed by atoms with Crippen LogP contribution in [-0.2, 0) is 5.41 Å². The van der Waals surface area contributed by atoms with E-state index < -0.39 is 0 Å². The summed E-state index contributed by atoms with van der Waals surface area (Å²) >= 11 is 0. The first-order valence-corrected chi connectivity index (χ1v) is 8.04. The van der Waals surface area contributed by atoms with Crippen molar-refractivity contribution in [1.82, 2.24) is 4.98 Å². The lowest BCUT2D eigenvalue weighted by atomic mass is 9.65. The normalized spacial score (nSPS) is 16.2. The largest absolute Gasteiger partial charge is 0.395 e. The van der Waals surface area contributed by atoms with Crippen molar-refractivity contribution in [1.29, 1.82) is 0 Å². The Morgan fingerprint density at radius 2 is 1.83 bits per heavy atom. The molecule has 1 aliphatic rings. The summed E-state index contributed by atoms with van der Waals surface area (Å²) in [6.45, 7) is 0.227. The van der Waals surface area contributed by atoms with Crippen LogP contribution in [0.3, 0.4) is 0 Å². The second kappa shape index (κ2) is 5.36. The Bertz CT molecular complexity index is 851. The van der Waals surface area contributed by atoms with E-state index in [1.54, 1.807) is 6.20 Å². The quantitative estimate of drug-likeness (QED) is 0.714. The zero-order valence-electron chi connectivity index (χ0n) is 12.9. The minimum atomic E-state index is -0.0200. The second-order valence-corrected chi connectivity index (χ2v) is 6.49. The van der Waals surface area contributed by atoms with Crippen molar-refractivity contribution in [3.05, 3.63) is 59.8 Å². The number of nitrogens with one attached hydrogen (secondary N) is 1. The van der Waals surface area contributed by atoms with Gasteiger partial charge in [-0.15, -0.1) is 0 Å². The summed E-state index contributed by atoms with van der Waals surface area (Å²) in [6, 6.07) is 14.6. The molecule has 23 heavy (non-hydrogen) atoms. The Morgan fingerprint density at radius 3 is 2.43 bits per heavy atom. The molecule has 3 heteroatoms. The molecule has 1 fully saturated rings. The minimum Gasteiger partial charge on any atom is -0.395 e. The fourth-order valence-corrected chi connectivity index (χ4v) is 3.58. The highest BCUT2D eigenvalue weighted by atomic mass is 16.3. The van der Waals surface area contributed by atoms with Crippen LogP contribution in [0.2, 0.25) is 0 Å². The number of aromatic nitrogens is 1. The third kappa shape index (κ3) is 2.20. The van der Waals surface area contributed by atoms with E-state index in [0.29, 0.717) is 5.56 Å². The molecule has 0 bridgehead atoms. The average Bonchev–Trinajstić information content (AvgIpc) is 2.97. The van der Waals surface area contributed by atoms with Crippen LogP contribution in [0, 0.1) is 0 Å². The van der Waals surface area contributed by atoms with Crippen molar-refractivity contribution < 1.29 is 9.90 Å². The van der Waals surface area contributed by atoms with Gasteiger partial charge in [-0.1, -0.05) is 36.8 Å². The lowest BCUT2D eigenvalue weighted by Gasteiger charge is -2.41. The second-order valence-electron chi connectivity index (χ2n) is 6.49. The summed E-state index contributed by atoms with van der Waals surface area (Å²) < 4.78 is 0. The molecule has 116 valence electrons. The molecule has 0 amide bonds. The van der Waals surface area contributed by atoms with Gasteiger partial charge in [0.05, 0.1) is 6.61 Å². The van der Waals surface area contributed by atoms with Gasteiger partial charge in [0.2, 0.25) is 0 Å². The number of H-pyrrole nitrogens is 1. The van der Waals surface area contributed by atoms with Gasteiger partial charge in [0, 0.05) is 28.1 Å². The number of hydrogen-bond acceptors (Lipinski definition) is 2. The topological polar surface area (TPSA) is 53.1 Å². The maximum Gasteiger partial charge on any atom is 0.152 e. The number of benzene rings is 2. The van der Waals surface area contributed by atoms with E-state index in [2.05, 4.69) is 41.4 Å². The number of aliphatic hydroxyl groups is 1. The van der Waals surface area contributed by atoms with Crippen LogP contribution in [0.1, 0.15) is 35.2 Å². The molecule has 1 saturated carbocycles. The van der Waals surface area contributed by atoms with Gasteiger partial charge >= 0.3 is 0 Å². The lowest BCUT2D eigenvalue weighted by molar-refractivity contribution is 0.112. The maximum absolute atomic E-state index is 11.1. The maximum atomic E-state index is 11.1. The molecule has 3 nitrogen and oxygen atoms in total. The van der Waals surface area contributed by atoms with Gasteiger partial charge in [-0.05, 0) is 41.7 Å². The molecule has 0 unspecified atom stereocenters.